The lowest BCUT2D eigenvalue weighted by molar-refractivity contribution is 0.109. The molecule has 0 heterocycles. The molecule has 0 saturated heterocycles. The number of rotatable bonds is 8. The number of hydrogen-bond donors (Lipinski definition) is 1. The predicted octanol–water partition coefficient (Wildman–Crippen LogP) is 2.98. The van der Waals surface area contributed by atoms with Crippen molar-refractivity contribution in [2.45, 2.75) is 33.4 Å². The third-order valence-corrected chi connectivity index (χ3v) is 2.82. The zero-order valence-electron chi connectivity index (χ0n) is 12.0. The van der Waals surface area contributed by atoms with Gasteiger partial charge in [0.1, 0.15) is 5.75 Å². The van der Waals surface area contributed by atoms with Crippen LogP contribution in [-0.2, 0) is 17.9 Å². The minimum absolute atomic E-state index is 0.618. The molecule has 0 aliphatic carbocycles. The van der Waals surface area contributed by atoms with E-state index < -0.39 is 0 Å². The molecule has 0 aliphatic heterocycles. The quantitative estimate of drug-likeness (QED) is 0.721. The van der Waals surface area contributed by atoms with Crippen LogP contribution in [0.15, 0.2) is 18.2 Å². The monoisotopic (exact) mass is 251 g/mol. The van der Waals surface area contributed by atoms with Gasteiger partial charge >= 0.3 is 0 Å². The third kappa shape index (κ3) is 5.07. The first kappa shape index (κ1) is 15.0. The molecular formula is C15H25NO2. The zero-order chi connectivity index (χ0) is 13.4. The van der Waals surface area contributed by atoms with Crippen molar-refractivity contribution >= 4 is 0 Å². The van der Waals surface area contributed by atoms with Gasteiger partial charge < -0.3 is 14.8 Å². The molecular weight excluding hydrogens is 226 g/mol. The van der Waals surface area contributed by atoms with Crippen LogP contribution < -0.4 is 10.1 Å². The van der Waals surface area contributed by atoms with Gasteiger partial charge in [0.25, 0.3) is 0 Å². The summed E-state index contributed by atoms with van der Waals surface area (Å²) in [6.07, 6.45) is 1.10. The molecule has 0 atom stereocenters. The largest absolute Gasteiger partial charge is 0.496 e. The Bertz CT molecular complexity index is 350. The van der Waals surface area contributed by atoms with E-state index in [0.717, 1.165) is 30.9 Å². The van der Waals surface area contributed by atoms with E-state index in [2.05, 4.69) is 31.3 Å². The second-order valence-corrected chi connectivity index (χ2v) is 4.91. The van der Waals surface area contributed by atoms with Crippen molar-refractivity contribution in [1.29, 1.82) is 0 Å². The summed E-state index contributed by atoms with van der Waals surface area (Å²) >= 11 is 0. The Labute approximate surface area is 110 Å². The fraction of sp³-hybridized carbons (Fsp3) is 0.600. The number of methoxy groups -OCH3 is 1. The molecule has 1 N–H and O–H groups in total. The van der Waals surface area contributed by atoms with Crippen LogP contribution >= 0.6 is 0 Å². The van der Waals surface area contributed by atoms with Gasteiger partial charge in [-0.3, -0.25) is 0 Å². The van der Waals surface area contributed by atoms with Crippen LogP contribution in [0.5, 0.6) is 5.75 Å². The SMILES string of the molecule is CNCc1ccc(OC)c(COCCC(C)C)c1. The van der Waals surface area contributed by atoms with Gasteiger partial charge in [0.05, 0.1) is 13.7 Å². The molecule has 0 unspecified atom stereocenters. The zero-order valence-corrected chi connectivity index (χ0v) is 12.0. The highest BCUT2D eigenvalue weighted by Gasteiger charge is 2.05. The molecule has 102 valence electrons. The lowest BCUT2D eigenvalue weighted by Gasteiger charge is -2.12. The minimum Gasteiger partial charge on any atom is -0.496 e. The van der Waals surface area contributed by atoms with Crippen LogP contribution in [0, 0.1) is 5.92 Å². The van der Waals surface area contributed by atoms with Gasteiger partial charge in [0.15, 0.2) is 0 Å². The molecule has 0 aliphatic rings. The first-order valence-corrected chi connectivity index (χ1v) is 6.55. The van der Waals surface area contributed by atoms with Gasteiger partial charge in [-0.25, -0.2) is 0 Å². The number of ether oxygens (including phenoxy) is 2. The highest BCUT2D eigenvalue weighted by molar-refractivity contribution is 5.36. The maximum absolute atomic E-state index is 5.71. The molecule has 0 radical (unpaired) electrons. The molecule has 0 saturated carbocycles. The first-order valence-electron chi connectivity index (χ1n) is 6.55. The Morgan fingerprint density at radius 1 is 1.28 bits per heavy atom. The minimum atomic E-state index is 0.618. The summed E-state index contributed by atoms with van der Waals surface area (Å²) < 4.78 is 11.1. The maximum atomic E-state index is 5.71. The van der Waals surface area contributed by atoms with Gasteiger partial charge in [0, 0.05) is 18.7 Å². The van der Waals surface area contributed by atoms with E-state index in [-0.39, 0.29) is 0 Å². The van der Waals surface area contributed by atoms with Gasteiger partial charge in [-0.05, 0) is 37.1 Å². The molecule has 18 heavy (non-hydrogen) atoms. The molecule has 0 spiro atoms. The molecule has 1 aromatic carbocycles. The van der Waals surface area contributed by atoms with Crippen LogP contribution in [0.3, 0.4) is 0 Å². The number of hydrogen-bond acceptors (Lipinski definition) is 3. The van der Waals surface area contributed by atoms with Crippen molar-refractivity contribution in [1.82, 2.24) is 5.32 Å². The number of benzene rings is 1. The van der Waals surface area contributed by atoms with E-state index in [1.807, 2.05) is 13.1 Å². The Balaban J connectivity index is 2.57. The Morgan fingerprint density at radius 3 is 2.67 bits per heavy atom. The van der Waals surface area contributed by atoms with Crippen molar-refractivity contribution < 1.29 is 9.47 Å². The van der Waals surface area contributed by atoms with E-state index in [4.69, 9.17) is 9.47 Å². The second-order valence-electron chi connectivity index (χ2n) is 4.91. The van der Waals surface area contributed by atoms with Gasteiger partial charge in [-0.2, -0.15) is 0 Å². The summed E-state index contributed by atoms with van der Waals surface area (Å²) in [4.78, 5) is 0. The summed E-state index contributed by atoms with van der Waals surface area (Å²) in [5, 5.41) is 3.15. The van der Waals surface area contributed by atoms with E-state index in [9.17, 15) is 0 Å². The molecule has 1 aromatic rings. The first-order chi connectivity index (χ1) is 8.67. The molecule has 3 heteroatoms. The average Bonchev–Trinajstić information content (AvgIpc) is 2.35. The van der Waals surface area contributed by atoms with Gasteiger partial charge in [0.2, 0.25) is 0 Å². The summed E-state index contributed by atoms with van der Waals surface area (Å²) in [7, 11) is 3.65. The average molecular weight is 251 g/mol. The van der Waals surface area contributed by atoms with Crippen molar-refractivity contribution in [3.8, 4) is 5.75 Å². The normalized spacial score (nSPS) is 10.9. The highest BCUT2D eigenvalue weighted by atomic mass is 16.5. The van der Waals surface area contributed by atoms with Crippen LogP contribution in [0.1, 0.15) is 31.4 Å². The van der Waals surface area contributed by atoms with Gasteiger partial charge in [-0.15, -0.1) is 0 Å². The highest BCUT2D eigenvalue weighted by Crippen LogP contribution is 2.21. The summed E-state index contributed by atoms with van der Waals surface area (Å²) in [5.74, 6) is 1.59. The standard InChI is InChI=1S/C15H25NO2/c1-12(2)7-8-18-11-14-9-13(10-16-3)5-6-15(14)17-4/h5-6,9,12,16H,7-8,10-11H2,1-4H3. The molecule has 3 nitrogen and oxygen atoms in total. The van der Waals surface area contributed by atoms with E-state index in [1.54, 1.807) is 7.11 Å². The fourth-order valence-corrected chi connectivity index (χ4v) is 1.76. The van der Waals surface area contributed by atoms with Crippen molar-refractivity contribution in [2.24, 2.45) is 5.92 Å². The summed E-state index contributed by atoms with van der Waals surface area (Å²) in [6, 6.07) is 6.23. The molecule has 0 amide bonds. The van der Waals surface area contributed by atoms with Gasteiger partial charge in [-0.1, -0.05) is 19.9 Å². The molecule has 1 rings (SSSR count). The third-order valence-electron chi connectivity index (χ3n) is 2.82. The smallest absolute Gasteiger partial charge is 0.124 e. The summed E-state index contributed by atoms with van der Waals surface area (Å²) in [5.41, 5.74) is 2.37. The molecule has 0 fully saturated rings. The van der Waals surface area contributed by atoms with Crippen molar-refractivity contribution in [2.75, 3.05) is 20.8 Å². The van der Waals surface area contributed by atoms with Crippen LogP contribution in [-0.4, -0.2) is 20.8 Å². The fourth-order valence-electron chi connectivity index (χ4n) is 1.76. The number of nitrogens with one attached hydrogen (secondary N) is 1. The van der Waals surface area contributed by atoms with E-state index in [0.29, 0.717) is 12.5 Å². The lowest BCUT2D eigenvalue weighted by atomic mass is 10.1. The van der Waals surface area contributed by atoms with E-state index >= 15 is 0 Å². The Morgan fingerprint density at radius 2 is 2.06 bits per heavy atom. The topological polar surface area (TPSA) is 30.5 Å². The Hall–Kier alpha value is -1.06. The Kier molecular flexibility index (Phi) is 6.76. The van der Waals surface area contributed by atoms with E-state index in [1.165, 1.54) is 5.56 Å². The lowest BCUT2D eigenvalue weighted by Crippen LogP contribution is -2.06. The second kappa shape index (κ2) is 8.11. The van der Waals surface area contributed by atoms with Crippen LogP contribution in [0.2, 0.25) is 0 Å². The summed E-state index contributed by atoms with van der Waals surface area (Å²) in [6.45, 7) is 6.70. The van der Waals surface area contributed by atoms with Crippen molar-refractivity contribution in [3.63, 3.8) is 0 Å². The molecule has 0 aromatic heterocycles. The molecule has 0 bridgehead atoms. The van der Waals surface area contributed by atoms with Crippen molar-refractivity contribution in [3.05, 3.63) is 29.3 Å². The van der Waals surface area contributed by atoms with Crippen LogP contribution in [0.25, 0.3) is 0 Å². The van der Waals surface area contributed by atoms with Crippen LogP contribution in [0.4, 0.5) is 0 Å². The predicted molar refractivity (Wildman–Crippen MR) is 74.9 cm³/mol. The maximum Gasteiger partial charge on any atom is 0.124 e.